The van der Waals surface area contributed by atoms with Crippen LogP contribution in [0.1, 0.15) is 35.9 Å². The minimum absolute atomic E-state index is 0.0694. The number of aliphatic hydroxyl groups excluding tert-OH is 2. The zero-order chi connectivity index (χ0) is 13.7. The second-order valence-corrected chi connectivity index (χ2v) is 5.17. The van der Waals surface area contributed by atoms with Gasteiger partial charge in [0.15, 0.2) is 5.78 Å². The third kappa shape index (κ3) is 1.80. The standard InChI is InChI=1S/C13H16O5/c1-13(2,18)9-11(16)8-6(10(15)12(9)17)4-3-5-7(8)14/h3-5,9,11-12,14,16-18H,1-2H3/t9-,11-,12-/m0/s1. The Kier molecular flexibility index (Phi) is 2.93. The number of Topliss-reactive ketones (excluding diaryl/α,β-unsaturated/α-hetero) is 1. The maximum absolute atomic E-state index is 12.0. The van der Waals surface area contributed by atoms with E-state index < -0.39 is 29.5 Å². The Bertz CT molecular complexity index is 489. The first kappa shape index (κ1) is 13.0. The van der Waals surface area contributed by atoms with Gasteiger partial charge in [0.05, 0.1) is 17.6 Å². The number of hydrogen-bond donors (Lipinski definition) is 4. The van der Waals surface area contributed by atoms with Crippen molar-refractivity contribution < 1.29 is 25.2 Å². The summed E-state index contributed by atoms with van der Waals surface area (Å²) in [5, 5.41) is 39.8. The molecule has 0 aromatic heterocycles. The van der Waals surface area contributed by atoms with Gasteiger partial charge in [0.2, 0.25) is 0 Å². The first-order valence-electron chi connectivity index (χ1n) is 5.69. The van der Waals surface area contributed by atoms with Gasteiger partial charge in [-0.3, -0.25) is 4.79 Å². The second-order valence-electron chi connectivity index (χ2n) is 5.17. The van der Waals surface area contributed by atoms with Crippen LogP contribution in [0.15, 0.2) is 18.2 Å². The smallest absolute Gasteiger partial charge is 0.192 e. The Morgan fingerprint density at radius 2 is 1.78 bits per heavy atom. The largest absolute Gasteiger partial charge is 0.508 e. The van der Waals surface area contributed by atoms with Gasteiger partial charge in [-0.2, -0.15) is 0 Å². The van der Waals surface area contributed by atoms with Gasteiger partial charge < -0.3 is 20.4 Å². The molecular formula is C13H16O5. The lowest BCUT2D eigenvalue weighted by atomic mass is 9.71. The van der Waals surface area contributed by atoms with Crippen molar-refractivity contribution in [1.82, 2.24) is 0 Å². The molecule has 1 aromatic carbocycles. The summed E-state index contributed by atoms with van der Waals surface area (Å²) in [4.78, 5) is 12.0. The minimum atomic E-state index is -1.49. The van der Waals surface area contributed by atoms with Crippen molar-refractivity contribution in [3.63, 3.8) is 0 Å². The molecule has 98 valence electrons. The normalized spacial score (nSPS) is 28.1. The van der Waals surface area contributed by atoms with E-state index in [1.807, 2.05) is 0 Å². The number of fused-ring (bicyclic) bond motifs is 1. The lowest BCUT2D eigenvalue weighted by molar-refractivity contribution is -0.0967. The van der Waals surface area contributed by atoms with Crippen molar-refractivity contribution in [3.8, 4) is 5.75 Å². The summed E-state index contributed by atoms with van der Waals surface area (Å²) < 4.78 is 0. The van der Waals surface area contributed by atoms with Gasteiger partial charge >= 0.3 is 0 Å². The molecule has 1 aromatic rings. The Balaban J connectivity index is 2.62. The second kappa shape index (κ2) is 4.05. The number of aromatic hydroxyl groups is 1. The SMILES string of the molecule is CC(C)(O)[C@@H]1[C@H](O)C(=O)c2cccc(O)c2[C@@H]1O. The van der Waals surface area contributed by atoms with Crippen LogP contribution >= 0.6 is 0 Å². The number of carbonyl (C=O) groups excluding carboxylic acids is 1. The molecule has 0 radical (unpaired) electrons. The molecule has 0 amide bonds. The molecule has 2 rings (SSSR count). The van der Waals surface area contributed by atoms with Crippen LogP contribution in [0.25, 0.3) is 0 Å². The summed E-state index contributed by atoms with van der Waals surface area (Å²) in [7, 11) is 0. The summed E-state index contributed by atoms with van der Waals surface area (Å²) in [5.41, 5.74) is -1.29. The number of phenolic OH excluding ortho intramolecular Hbond substituents is 1. The number of hydrogen-bond acceptors (Lipinski definition) is 5. The van der Waals surface area contributed by atoms with E-state index in [0.717, 1.165) is 0 Å². The Hall–Kier alpha value is -1.43. The van der Waals surface area contributed by atoms with Crippen LogP contribution in [-0.4, -0.2) is 37.9 Å². The van der Waals surface area contributed by atoms with Crippen LogP contribution in [-0.2, 0) is 0 Å². The van der Waals surface area contributed by atoms with E-state index in [0.29, 0.717) is 0 Å². The lowest BCUT2D eigenvalue weighted by Crippen LogP contribution is -2.49. The quantitative estimate of drug-likeness (QED) is 0.579. The van der Waals surface area contributed by atoms with Crippen LogP contribution in [0.2, 0.25) is 0 Å². The summed E-state index contributed by atoms with van der Waals surface area (Å²) in [6.07, 6.45) is -2.79. The Morgan fingerprint density at radius 3 is 2.33 bits per heavy atom. The van der Waals surface area contributed by atoms with Gasteiger partial charge in [-0.25, -0.2) is 0 Å². The van der Waals surface area contributed by atoms with Crippen molar-refractivity contribution in [2.75, 3.05) is 0 Å². The first-order valence-corrected chi connectivity index (χ1v) is 5.69. The van der Waals surface area contributed by atoms with Crippen molar-refractivity contribution in [2.45, 2.75) is 31.7 Å². The molecule has 0 spiro atoms. The number of benzene rings is 1. The van der Waals surface area contributed by atoms with E-state index in [1.165, 1.54) is 32.0 Å². The minimum Gasteiger partial charge on any atom is -0.508 e. The van der Waals surface area contributed by atoms with E-state index >= 15 is 0 Å². The molecule has 3 atom stereocenters. The van der Waals surface area contributed by atoms with Crippen molar-refractivity contribution in [2.24, 2.45) is 5.92 Å². The van der Waals surface area contributed by atoms with Crippen molar-refractivity contribution >= 4 is 5.78 Å². The highest BCUT2D eigenvalue weighted by Crippen LogP contribution is 2.43. The summed E-state index contributed by atoms with van der Waals surface area (Å²) in [6, 6.07) is 4.26. The fraction of sp³-hybridized carbons (Fsp3) is 0.462. The summed E-state index contributed by atoms with van der Waals surface area (Å²) >= 11 is 0. The van der Waals surface area contributed by atoms with Crippen molar-refractivity contribution in [3.05, 3.63) is 29.3 Å². The highest BCUT2D eigenvalue weighted by Gasteiger charge is 2.48. The summed E-state index contributed by atoms with van der Waals surface area (Å²) in [5.74, 6) is -1.89. The molecule has 5 nitrogen and oxygen atoms in total. The fourth-order valence-electron chi connectivity index (χ4n) is 2.53. The maximum Gasteiger partial charge on any atom is 0.192 e. The van der Waals surface area contributed by atoms with E-state index in [9.17, 15) is 25.2 Å². The predicted molar refractivity (Wildman–Crippen MR) is 63.2 cm³/mol. The van der Waals surface area contributed by atoms with Crippen LogP contribution in [0.5, 0.6) is 5.75 Å². The van der Waals surface area contributed by atoms with Crippen LogP contribution < -0.4 is 0 Å². The number of rotatable bonds is 1. The molecule has 4 N–H and O–H groups in total. The van der Waals surface area contributed by atoms with Crippen LogP contribution in [0, 0.1) is 5.92 Å². The van der Waals surface area contributed by atoms with Crippen molar-refractivity contribution in [1.29, 1.82) is 0 Å². The fourth-order valence-corrected chi connectivity index (χ4v) is 2.53. The number of ketones is 1. The van der Waals surface area contributed by atoms with E-state index in [-0.39, 0.29) is 16.9 Å². The van der Waals surface area contributed by atoms with E-state index in [1.54, 1.807) is 0 Å². The monoisotopic (exact) mass is 252 g/mol. The van der Waals surface area contributed by atoms with Gasteiger partial charge in [0.25, 0.3) is 0 Å². The first-order chi connectivity index (χ1) is 8.25. The third-order valence-corrected chi connectivity index (χ3v) is 3.41. The van der Waals surface area contributed by atoms with Gasteiger partial charge in [-0.1, -0.05) is 12.1 Å². The Morgan fingerprint density at radius 1 is 1.17 bits per heavy atom. The molecular weight excluding hydrogens is 236 g/mol. The molecule has 0 heterocycles. The molecule has 0 fully saturated rings. The highest BCUT2D eigenvalue weighted by molar-refractivity contribution is 6.02. The average Bonchev–Trinajstić information content (AvgIpc) is 2.24. The molecule has 1 aliphatic rings. The molecule has 0 saturated carbocycles. The molecule has 0 bridgehead atoms. The van der Waals surface area contributed by atoms with E-state index in [4.69, 9.17) is 0 Å². The van der Waals surface area contributed by atoms with Gasteiger partial charge in [-0.05, 0) is 19.9 Å². The summed E-state index contributed by atoms with van der Waals surface area (Å²) in [6.45, 7) is 2.81. The van der Waals surface area contributed by atoms with Gasteiger partial charge in [-0.15, -0.1) is 0 Å². The lowest BCUT2D eigenvalue weighted by Gasteiger charge is -2.40. The van der Waals surface area contributed by atoms with E-state index in [2.05, 4.69) is 0 Å². The zero-order valence-electron chi connectivity index (χ0n) is 10.2. The van der Waals surface area contributed by atoms with Crippen LogP contribution in [0.4, 0.5) is 0 Å². The maximum atomic E-state index is 12.0. The predicted octanol–water partition coefficient (Wildman–Crippen LogP) is 0.370. The molecule has 0 unspecified atom stereocenters. The van der Waals surface area contributed by atoms with Gasteiger partial charge in [0, 0.05) is 11.1 Å². The number of aliphatic hydroxyl groups is 3. The zero-order valence-corrected chi connectivity index (χ0v) is 10.2. The molecule has 0 aliphatic heterocycles. The number of carbonyl (C=O) groups is 1. The molecule has 5 heteroatoms. The third-order valence-electron chi connectivity index (χ3n) is 3.41. The Labute approximate surface area is 104 Å². The average molecular weight is 252 g/mol. The van der Waals surface area contributed by atoms with Gasteiger partial charge in [0.1, 0.15) is 11.9 Å². The number of phenols is 1. The molecule has 0 saturated heterocycles. The highest BCUT2D eigenvalue weighted by atomic mass is 16.3. The molecule has 1 aliphatic carbocycles. The van der Waals surface area contributed by atoms with Crippen LogP contribution in [0.3, 0.4) is 0 Å². The molecule has 18 heavy (non-hydrogen) atoms. The topological polar surface area (TPSA) is 98.0 Å².